The van der Waals surface area contributed by atoms with Crippen LogP contribution in [0.5, 0.6) is 0 Å². The van der Waals surface area contributed by atoms with Crippen LogP contribution in [0.3, 0.4) is 0 Å². The summed E-state index contributed by atoms with van der Waals surface area (Å²) in [7, 11) is 2.01. The molecule has 4 heteroatoms. The van der Waals surface area contributed by atoms with E-state index in [0.29, 0.717) is 6.04 Å². The van der Waals surface area contributed by atoms with Gasteiger partial charge >= 0.3 is 0 Å². The summed E-state index contributed by atoms with van der Waals surface area (Å²) < 4.78 is 1.97. The number of nitrogens with zero attached hydrogens (tertiary/aromatic N) is 2. The van der Waals surface area contributed by atoms with Crippen molar-refractivity contribution >= 4 is 0 Å². The van der Waals surface area contributed by atoms with Crippen LogP contribution >= 0.6 is 0 Å². The summed E-state index contributed by atoms with van der Waals surface area (Å²) in [6.07, 6.45) is 7.73. The van der Waals surface area contributed by atoms with E-state index in [4.69, 9.17) is 5.84 Å². The van der Waals surface area contributed by atoms with Crippen molar-refractivity contribution in [2.45, 2.75) is 58.4 Å². The zero-order valence-electron chi connectivity index (χ0n) is 11.9. The highest BCUT2D eigenvalue weighted by atomic mass is 15.3. The molecule has 1 aromatic heterocycles. The van der Waals surface area contributed by atoms with Gasteiger partial charge in [-0.1, -0.05) is 19.3 Å². The fraction of sp³-hybridized carbons (Fsp3) is 0.786. The van der Waals surface area contributed by atoms with Crippen molar-refractivity contribution in [1.29, 1.82) is 0 Å². The standard InChI is InChI=1S/C14H26N4/c1-10-13(11(2)18(3)17-10)9-14(16-15)12-7-5-4-6-8-12/h12,14,16H,4-9,15H2,1-3H3. The molecule has 4 nitrogen and oxygen atoms in total. The summed E-state index contributed by atoms with van der Waals surface area (Å²) in [4.78, 5) is 0. The molecule has 3 N–H and O–H groups in total. The van der Waals surface area contributed by atoms with E-state index < -0.39 is 0 Å². The Morgan fingerprint density at radius 2 is 2.00 bits per heavy atom. The van der Waals surface area contributed by atoms with E-state index in [1.807, 2.05) is 11.7 Å². The highest BCUT2D eigenvalue weighted by molar-refractivity contribution is 5.25. The van der Waals surface area contributed by atoms with Crippen molar-refractivity contribution in [2.24, 2.45) is 18.8 Å². The number of hydrogen-bond acceptors (Lipinski definition) is 3. The lowest BCUT2D eigenvalue weighted by atomic mass is 9.81. The molecule has 1 unspecified atom stereocenters. The van der Waals surface area contributed by atoms with Gasteiger partial charge in [-0.05, 0) is 44.6 Å². The molecule has 1 fully saturated rings. The molecular weight excluding hydrogens is 224 g/mol. The largest absolute Gasteiger partial charge is 0.272 e. The van der Waals surface area contributed by atoms with Gasteiger partial charge in [-0.3, -0.25) is 16.0 Å². The van der Waals surface area contributed by atoms with Gasteiger partial charge in [0.25, 0.3) is 0 Å². The van der Waals surface area contributed by atoms with Crippen LogP contribution in [-0.2, 0) is 13.5 Å². The maximum Gasteiger partial charge on any atom is 0.0628 e. The lowest BCUT2D eigenvalue weighted by Gasteiger charge is -2.29. The monoisotopic (exact) mass is 250 g/mol. The molecule has 1 atom stereocenters. The highest BCUT2D eigenvalue weighted by Gasteiger charge is 2.24. The van der Waals surface area contributed by atoms with Crippen molar-refractivity contribution in [1.82, 2.24) is 15.2 Å². The van der Waals surface area contributed by atoms with Gasteiger partial charge in [-0.25, -0.2) is 0 Å². The van der Waals surface area contributed by atoms with Crippen LogP contribution in [0, 0.1) is 19.8 Å². The Morgan fingerprint density at radius 1 is 1.33 bits per heavy atom. The molecule has 18 heavy (non-hydrogen) atoms. The number of hydrazine groups is 1. The van der Waals surface area contributed by atoms with Crippen LogP contribution < -0.4 is 11.3 Å². The van der Waals surface area contributed by atoms with E-state index in [-0.39, 0.29) is 0 Å². The van der Waals surface area contributed by atoms with Gasteiger partial charge in [0.05, 0.1) is 5.69 Å². The third-order valence-corrected chi connectivity index (χ3v) is 4.52. The zero-order valence-corrected chi connectivity index (χ0v) is 11.9. The Bertz CT molecular complexity index is 391. The van der Waals surface area contributed by atoms with Crippen molar-refractivity contribution < 1.29 is 0 Å². The number of rotatable bonds is 4. The number of aromatic nitrogens is 2. The average molecular weight is 250 g/mol. The molecule has 0 aromatic carbocycles. The normalized spacial score (nSPS) is 19.1. The van der Waals surface area contributed by atoms with Crippen LogP contribution in [0.15, 0.2) is 0 Å². The molecular formula is C14H26N4. The first-order valence-corrected chi connectivity index (χ1v) is 7.08. The minimum absolute atomic E-state index is 0.395. The molecule has 0 saturated heterocycles. The maximum atomic E-state index is 5.78. The Hall–Kier alpha value is -0.870. The summed E-state index contributed by atoms with van der Waals surface area (Å²) in [6.45, 7) is 4.24. The third-order valence-electron chi connectivity index (χ3n) is 4.52. The van der Waals surface area contributed by atoms with Crippen LogP contribution in [0.25, 0.3) is 0 Å². The predicted octanol–water partition coefficient (Wildman–Crippen LogP) is 1.99. The SMILES string of the molecule is Cc1nn(C)c(C)c1CC(NN)C1CCCCC1. The second-order valence-electron chi connectivity index (χ2n) is 5.65. The van der Waals surface area contributed by atoms with Crippen molar-refractivity contribution in [2.75, 3.05) is 0 Å². The molecule has 102 valence electrons. The van der Waals surface area contributed by atoms with E-state index in [2.05, 4.69) is 24.4 Å². The van der Waals surface area contributed by atoms with Crippen molar-refractivity contribution in [3.05, 3.63) is 17.0 Å². The van der Waals surface area contributed by atoms with E-state index in [1.54, 1.807) is 0 Å². The molecule has 1 aliphatic carbocycles. The van der Waals surface area contributed by atoms with Gasteiger partial charge in [0.15, 0.2) is 0 Å². The van der Waals surface area contributed by atoms with Gasteiger partial charge < -0.3 is 0 Å². The molecule has 0 bridgehead atoms. The lowest BCUT2D eigenvalue weighted by Crippen LogP contribution is -2.43. The molecule has 0 radical (unpaired) electrons. The van der Waals surface area contributed by atoms with Gasteiger partial charge in [0, 0.05) is 18.8 Å². The number of nitrogens with two attached hydrogens (primary N) is 1. The first-order chi connectivity index (χ1) is 8.63. The first kappa shape index (κ1) is 13.6. The average Bonchev–Trinajstić information content (AvgIpc) is 2.62. The summed E-state index contributed by atoms with van der Waals surface area (Å²) >= 11 is 0. The molecule has 0 amide bonds. The quantitative estimate of drug-likeness (QED) is 0.635. The van der Waals surface area contributed by atoms with Gasteiger partial charge in [0.1, 0.15) is 0 Å². The number of hydrogen-bond donors (Lipinski definition) is 2. The molecule has 0 spiro atoms. The van der Waals surface area contributed by atoms with Gasteiger partial charge in [-0.2, -0.15) is 5.10 Å². The van der Waals surface area contributed by atoms with Gasteiger partial charge in [0.2, 0.25) is 0 Å². The summed E-state index contributed by atoms with van der Waals surface area (Å²) in [5.74, 6) is 6.51. The van der Waals surface area contributed by atoms with Crippen LogP contribution in [0.1, 0.15) is 49.1 Å². The first-order valence-electron chi connectivity index (χ1n) is 7.08. The second kappa shape index (κ2) is 5.85. The Balaban J connectivity index is 2.09. The smallest absolute Gasteiger partial charge is 0.0628 e. The lowest BCUT2D eigenvalue weighted by molar-refractivity contribution is 0.268. The van der Waals surface area contributed by atoms with Crippen LogP contribution in [0.2, 0.25) is 0 Å². The highest BCUT2D eigenvalue weighted by Crippen LogP contribution is 2.28. The van der Waals surface area contributed by atoms with Crippen molar-refractivity contribution in [3.63, 3.8) is 0 Å². The number of nitrogens with one attached hydrogen (secondary N) is 1. The summed E-state index contributed by atoms with van der Waals surface area (Å²) in [5.41, 5.74) is 6.83. The van der Waals surface area contributed by atoms with E-state index in [9.17, 15) is 0 Å². The van der Waals surface area contributed by atoms with Gasteiger partial charge in [-0.15, -0.1) is 0 Å². The Labute approximate surface area is 110 Å². The molecule has 1 aliphatic rings. The van der Waals surface area contributed by atoms with Crippen LogP contribution in [0.4, 0.5) is 0 Å². The van der Waals surface area contributed by atoms with Crippen LogP contribution in [-0.4, -0.2) is 15.8 Å². The fourth-order valence-corrected chi connectivity index (χ4v) is 3.23. The van der Waals surface area contributed by atoms with E-state index >= 15 is 0 Å². The number of aryl methyl sites for hydroxylation is 2. The van der Waals surface area contributed by atoms with E-state index in [1.165, 1.54) is 43.4 Å². The topological polar surface area (TPSA) is 55.9 Å². The predicted molar refractivity (Wildman–Crippen MR) is 74.1 cm³/mol. The summed E-state index contributed by atoms with van der Waals surface area (Å²) in [5, 5.41) is 4.49. The molecule has 1 saturated carbocycles. The second-order valence-corrected chi connectivity index (χ2v) is 5.65. The molecule has 1 aromatic rings. The Kier molecular flexibility index (Phi) is 4.40. The zero-order chi connectivity index (χ0) is 13.1. The Morgan fingerprint density at radius 3 is 2.50 bits per heavy atom. The maximum absolute atomic E-state index is 5.78. The fourth-order valence-electron chi connectivity index (χ4n) is 3.23. The minimum Gasteiger partial charge on any atom is -0.272 e. The molecule has 0 aliphatic heterocycles. The van der Waals surface area contributed by atoms with E-state index in [0.717, 1.165) is 18.0 Å². The molecule has 1 heterocycles. The minimum atomic E-state index is 0.395. The third kappa shape index (κ3) is 2.75. The van der Waals surface area contributed by atoms with Crippen molar-refractivity contribution in [3.8, 4) is 0 Å². The molecule has 2 rings (SSSR count). The summed E-state index contributed by atoms with van der Waals surface area (Å²) in [6, 6.07) is 0.395.